The lowest BCUT2D eigenvalue weighted by molar-refractivity contribution is 0.0955. The van der Waals surface area contributed by atoms with Crippen molar-refractivity contribution in [2.45, 2.75) is 25.5 Å². The highest BCUT2D eigenvalue weighted by Crippen LogP contribution is 2.15. The number of hydrogen-bond acceptors (Lipinski definition) is 4. The first-order chi connectivity index (χ1) is 8.63. The van der Waals surface area contributed by atoms with E-state index < -0.39 is 14.6 Å². The first-order valence-corrected chi connectivity index (χ1v) is 8.19. The maximum absolute atomic E-state index is 11.9. The van der Waals surface area contributed by atoms with E-state index >= 15 is 0 Å². The van der Waals surface area contributed by atoms with E-state index in [0.717, 1.165) is 0 Å². The van der Waals surface area contributed by atoms with Gasteiger partial charge in [-0.1, -0.05) is 0 Å². The summed E-state index contributed by atoms with van der Waals surface area (Å²) in [6.45, 7) is 5.01. The largest absolute Gasteiger partial charge is 0.351 e. The molecular formula is C12H17BrN2O3S. The molecule has 0 aliphatic rings. The summed E-state index contributed by atoms with van der Waals surface area (Å²) < 4.78 is 23.6. The summed E-state index contributed by atoms with van der Waals surface area (Å²) in [4.78, 5) is 15.6. The number of amides is 1. The molecule has 0 aliphatic carbocycles. The number of pyridine rings is 1. The Morgan fingerprint density at radius 1 is 1.37 bits per heavy atom. The number of nitrogens with one attached hydrogen (secondary N) is 1. The van der Waals surface area contributed by atoms with Crippen molar-refractivity contribution >= 4 is 31.7 Å². The second kappa shape index (κ2) is 6.00. The van der Waals surface area contributed by atoms with Crippen molar-refractivity contribution in [3.63, 3.8) is 0 Å². The van der Waals surface area contributed by atoms with Crippen LogP contribution in [0.4, 0.5) is 0 Å². The fourth-order valence-electron chi connectivity index (χ4n) is 1.24. The van der Waals surface area contributed by atoms with Crippen LogP contribution in [0.2, 0.25) is 0 Å². The average molecular weight is 349 g/mol. The molecule has 0 unspecified atom stereocenters. The van der Waals surface area contributed by atoms with Crippen molar-refractivity contribution in [1.29, 1.82) is 0 Å². The Kier molecular flexibility index (Phi) is 5.09. The molecule has 0 radical (unpaired) electrons. The lowest BCUT2D eigenvalue weighted by Crippen LogP contribution is -2.36. The maximum atomic E-state index is 11.9. The lowest BCUT2D eigenvalue weighted by Gasteiger charge is -2.19. The zero-order chi connectivity index (χ0) is 14.7. The Morgan fingerprint density at radius 2 is 2.00 bits per heavy atom. The molecule has 1 rings (SSSR count). The third kappa shape index (κ3) is 4.58. The topological polar surface area (TPSA) is 76.1 Å². The number of sulfone groups is 1. The van der Waals surface area contributed by atoms with Crippen LogP contribution in [0, 0.1) is 0 Å². The molecule has 0 saturated heterocycles. The van der Waals surface area contributed by atoms with E-state index in [0.29, 0.717) is 10.0 Å². The van der Waals surface area contributed by atoms with Crippen molar-refractivity contribution in [2.24, 2.45) is 0 Å². The molecular weight excluding hydrogens is 332 g/mol. The van der Waals surface area contributed by atoms with E-state index in [1.54, 1.807) is 33.0 Å². The number of carbonyl (C=O) groups excluding carboxylic acids is 1. The highest BCUT2D eigenvalue weighted by atomic mass is 79.9. The minimum Gasteiger partial charge on any atom is -0.351 e. The zero-order valence-corrected chi connectivity index (χ0v) is 13.5. The van der Waals surface area contributed by atoms with Gasteiger partial charge in [-0.3, -0.25) is 9.78 Å². The third-order valence-corrected chi connectivity index (χ3v) is 5.60. The summed E-state index contributed by atoms with van der Waals surface area (Å²) in [7, 11) is -3.22. The third-order valence-electron chi connectivity index (χ3n) is 2.56. The van der Waals surface area contributed by atoms with Gasteiger partial charge < -0.3 is 5.32 Å². The minimum absolute atomic E-state index is 0.0797. The first-order valence-electron chi connectivity index (χ1n) is 5.74. The van der Waals surface area contributed by atoms with Crippen LogP contribution in [0.15, 0.2) is 22.9 Å². The molecule has 0 spiro atoms. The van der Waals surface area contributed by atoms with Crippen LogP contribution in [0.1, 0.15) is 31.1 Å². The molecule has 0 atom stereocenters. The van der Waals surface area contributed by atoms with Gasteiger partial charge in [0, 0.05) is 23.4 Å². The highest BCUT2D eigenvalue weighted by molar-refractivity contribution is 9.10. The van der Waals surface area contributed by atoms with Crippen LogP contribution in [-0.4, -0.2) is 36.4 Å². The number of halogens is 1. The van der Waals surface area contributed by atoms with Gasteiger partial charge in [-0.2, -0.15) is 0 Å². The van der Waals surface area contributed by atoms with Crippen molar-refractivity contribution < 1.29 is 13.2 Å². The lowest BCUT2D eigenvalue weighted by atomic mass is 10.3. The Balaban J connectivity index is 2.58. The SMILES string of the molecule is CC(C)(C)S(=O)(=O)CCNC(=O)c1cncc(Br)c1. The molecule has 19 heavy (non-hydrogen) atoms. The molecule has 1 N–H and O–H groups in total. The summed E-state index contributed by atoms with van der Waals surface area (Å²) in [6, 6.07) is 1.63. The molecule has 7 heteroatoms. The van der Waals surface area contributed by atoms with Gasteiger partial charge in [-0.15, -0.1) is 0 Å². The average Bonchev–Trinajstić information content (AvgIpc) is 2.27. The molecule has 1 aromatic heterocycles. The molecule has 0 saturated carbocycles. The molecule has 1 heterocycles. The van der Waals surface area contributed by atoms with E-state index in [9.17, 15) is 13.2 Å². The van der Waals surface area contributed by atoms with Gasteiger partial charge in [0.15, 0.2) is 9.84 Å². The van der Waals surface area contributed by atoms with E-state index in [4.69, 9.17) is 0 Å². The number of rotatable bonds is 4. The second-order valence-corrected chi connectivity index (χ2v) is 8.86. The number of aromatic nitrogens is 1. The van der Waals surface area contributed by atoms with Gasteiger partial charge in [-0.05, 0) is 42.8 Å². The van der Waals surface area contributed by atoms with Crippen LogP contribution in [0.5, 0.6) is 0 Å². The fourth-order valence-corrected chi connectivity index (χ4v) is 2.59. The van der Waals surface area contributed by atoms with Crippen molar-refractivity contribution in [1.82, 2.24) is 10.3 Å². The number of nitrogens with zero attached hydrogens (tertiary/aromatic N) is 1. The van der Waals surface area contributed by atoms with Crippen LogP contribution < -0.4 is 5.32 Å². The van der Waals surface area contributed by atoms with Crippen molar-refractivity contribution in [2.75, 3.05) is 12.3 Å². The van der Waals surface area contributed by atoms with Gasteiger partial charge in [0.05, 0.1) is 16.1 Å². The second-order valence-electron chi connectivity index (χ2n) is 5.08. The van der Waals surface area contributed by atoms with Crippen LogP contribution in [0.25, 0.3) is 0 Å². The first kappa shape index (κ1) is 16.1. The molecule has 1 aromatic rings. The standard InChI is InChI=1S/C12H17BrN2O3S/c1-12(2,3)19(17,18)5-4-15-11(16)9-6-10(13)8-14-7-9/h6-8H,4-5H2,1-3H3,(H,15,16). The van der Waals surface area contributed by atoms with Crippen molar-refractivity contribution in [3.8, 4) is 0 Å². The molecule has 0 aromatic carbocycles. The minimum atomic E-state index is -3.22. The molecule has 5 nitrogen and oxygen atoms in total. The van der Waals surface area contributed by atoms with Gasteiger partial charge in [0.25, 0.3) is 5.91 Å². The van der Waals surface area contributed by atoms with E-state index in [1.165, 1.54) is 6.20 Å². The van der Waals surface area contributed by atoms with Gasteiger partial charge in [0.2, 0.25) is 0 Å². The Hall–Kier alpha value is -0.950. The maximum Gasteiger partial charge on any atom is 0.252 e. The predicted molar refractivity (Wildman–Crippen MR) is 77.8 cm³/mol. The zero-order valence-electron chi connectivity index (χ0n) is 11.1. The van der Waals surface area contributed by atoms with E-state index in [1.807, 2.05) is 0 Å². The molecule has 0 bridgehead atoms. The molecule has 0 aliphatic heterocycles. The normalized spacial score (nSPS) is 12.2. The fraction of sp³-hybridized carbons (Fsp3) is 0.500. The Bertz CT molecular complexity index is 565. The van der Waals surface area contributed by atoms with Crippen LogP contribution in [-0.2, 0) is 9.84 Å². The molecule has 0 fully saturated rings. The van der Waals surface area contributed by atoms with Crippen molar-refractivity contribution in [3.05, 3.63) is 28.5 Å². The monoisotopic (exact) mass is 348 g/mol. The van der Waals surface area contributed by atoms with E-state index in [2.05, 4.69) is 26.2 Å². The predicted octanol–water partition coefficient (Wildman–Crippen LogP) is 1.79. The van der Waals surface area contributed by atoms with E-state index in [-0.39, 0.29) is 18.2 Å². The Labute approximate surface area is 121 Å². The summed E-state index contributed by atoms with van der Waals surface area (Å²) in [6.07, 6.45) is 3.00. The molecule has 106 valence electrons. The Morgan fingerprint density at radius 3 is 2.53 bits per heavy atom. The summed E-state index contributed by atoms with van der Waals surface area (Å²) in [5.74, 6) is -0.415. The summed E-state index contributed by atoms with van der Waals surface area (Å²) in [5.41, 5.74) is 0.391. The summed E-state index contributed by atoms with van der Waals surface area (Å²) in [5, 5.41) is 2.58. The van der Waals surface area contributed by atoms with Gasteiger partial charge >= 0.3 is 0 Å². The number of carbonyl (C=O) groups is 1. The highest BCUT2D eigenvalue weighted by Gasteiger charge is 2.28. The van der Waals surface area contributed by atoms with Crippen LogP contribution in [0.3, 0.4) is 0 Å². The number of hydrogen-bond donors (Lipinski definition) is 1. The molecule has 1 amide bonds. The quantitative estimate of drug-likeness (QED) is 0.899. The smallest absolute Gasteiger partial charge is 0.252 e. The summed E-state index contributed by atoms with van der Waals surface area (Å²) >= 11 is 3.22. The van der Waals surface area contributed by atoms with Crippen LogP contribution >= 0.6 is 15.9 Å². The van der Waals surface area contributed by atoms with Gasteiger partial charge in [-0.25, -0.2) is 8.42 Å². The van der Waals surface area contributed by atoms with Gasteiger partial charge in [0.1, 0.15) is 0 Å².